The van der Waals surface area contributed by atoms with Crippen molar-refractivity contribution in [1.29, 1.82) is 0 Å². The molecule has 0 aliphatic heterocycles. The molecule has 1 heterocycles. The Labute approximate surface area is 392 Å². The van der Waals surface area contributed by atoms with Gasteiger partial charge in [-0.25, -0.2) is 0 Å². The maximum absolute atomic E-state index is 2.45. The predicted octanol–water partition coefficient (Wildman–Crippen LogP) is 18.1. The third-order valence-electron chi connectivity index (χ3n) is 13.5. The minimum atomic E-state index is 0.563. The number of allylic oxidation sites excluding steroid dienone is 4. The molecule has 0 bridgehead atoms. The fourth-order valence-electron chi connectivity index (χ4n) is 10.2. The lowest BCUT2D eigenvalue weighted by Gasteiger charge is -2.26. The van der Waals surface area contributed by atoms with Crippen LogP contribution in [0.15, 0.2) is 255 Å². The fraction of sp³-hybridized carbons (Fsp3) is 0.0462. The monoisotopic (exact) mass is 856 g/mol. The van der Waals surface area contributed by atoms with E-state index in [4.69, 9.17) is 0 Å². The molecule has 1 aliphatic carbocycles. The van der Waals surface area contributed by atoms with Crippen LogP contribution in [0, 0.1) is 5.92 Å². The largest absolute Gasteiger partial charge is 0.310 e. The van der Waals surface area contributed by atoms with Crippen molar-refractivity contribution in [3.8, 4) is 50.2 Å². The second-order valence-corrected chi connectivity index (χ2v) is 17.8. The Bertz CT molecular complexity index is 3630. The van der Waals surface area contributed by atoms with E-state index in [1.807, 2.05) is 0 Å². The summed E-state index contributed by atoms with van der Waals surface area (Å²) < 4.78 is 2.45. The van der Waals surface area contributed by atoms with Crippen molar-refractivity contribution in [2.75, 3.05) is 4.90 Å². The minimum Gasteiger partial charge on any atom is -0.310 e. The Kier molecular flexibility index (Phi) is 10.3. The van der Waals surface area contributed by atoms with Gasteiger partial charge >= 0.3 is 0 Å². The number of fused-ring (bicyclic) bond motifs is 4. The first-order valence-corrected chi connectivity index (χ1v) is 23.4. The quantitative estimate of drug-likeness (QED) is 0.140. The van der Waals surface area contributed by atoms with Crippen molar-refractivity contribution >= 4 is 55.2 Å². The Morgan fingerprint density at radius 1 is 0.418 bits per heavy atom. The van der Waals surface area contributed by atoms with Gasteiger partial charge in [0, 0.05) is 39.1 Å². The molecule has 0 saturated carbocycles. The van der Waals surface area contributed by atoms with Gasteiger partial charge in [-0.15, -0.1) is 0 Å². The van der Waals surface area contributed by atoms with Crippen molar-refractivity contribution in [2.24, 2.45) is 5.92 Å². The first-order valence-electron chi connectivity index (χ1n) is 23.4. The molecule has 1 aromatic heterocycles. The summed E-state index contributed by atoms with van der Waals surface area (Å²) in [5.41, 5.74) is 19.0. The summed E-state index contributed by atoms with van der Waals surface area (Å²) in [6.07, 6.45) is 7.81. The second kappa shape index (κ2) is 17.2. The van der Waals surface area contributed by atoms with Crippen molar-refractivity contribution < 1.29 is 0 Å². The minimum absolute atomic E-state index is 0.563. The van der Waals surface area contributed by atoms with Crippen LogP contribution < -0.4 is 4.90 Å². The smallest absolute Gasteiger partial charge is 0.0625 e. The van der Waals surface area contributed by atoms with Crippen LogP contribution in [0.4, 0.5) is 17.1 Å². The van der Waals surface area contributed by atoms with E-state index in [9.17, 15) is 0 Å². The van der Waals surface area contributed by atoms with Crippen LogP contribution in [0.1, 0.15) is 18.9 Å². The third-order valence-corrected chi connectivity index (χ3v) is 13.5. The van der Waals surface area contributed by atoms with Gasteiger partial charge in [-0.3, -0.25) is 0 Å². The molecule has 12 rings (SSSR count). The summed E-state index contributed by atoms with van der Waals surface area (Å²) in [6.45, 7) is 2.28. The van der Waals surface area contributed by atoms with E-state index in [0.29, 0.717) is 5.92 Å². The van der Waals surface area contributed by atoms with E-state index in [1.165, 1.54) is 82.7 Å². The molecule has 0 N–H and O–H groups in total. The van der Waals surface area contributed by atoms with E-state index in [2.05, 4.69) is 271 Å². The highest BCUT2D eigenvalue weighted by Crippen LogP contribution is 2.45. The van der Waals surface area contributed by atoms with E-state index < -0.39 is 0 Å². The average Bonchev–Trinajstić information content (AvgIpc) is 3.75. The van der Waals surface area contributed by atoms with Crippen LogP contribution in [-0.4, -0.2) is 4.57 Å². The van der Waals surface area contributed by atoms with E-state index in [1.54, 1.807) is 0 Å². The zero-order chi connectivity index (χ0) is 44.7. The number of hydrogen-bond acceptors (Lipinski definition) is 1. The van der Waals surface area contributed by atoms with Gasteiger partial charge in [0.25, 0.3) is 0 Å². The SMILES string of the molecule is CC1C=CC=C(c2ccc(-c3ccc(N(c4ccc(-c5ccc6ccccc6c5)cc4)c4cccc(-c5ccc(-c6ccccc6)c6c5c5ccccc5n6-c5ccccc5)c4)cc3)cc2)C1. The van der Waals surface area contributed by atoms with Crippen LogP contribution in [0.3, 0.4) is 0 Å². The fourth-order valence-corrected chi connectivity index (χ4v) is 10.2. The van der Waals surface area contributed by atoms with Gasteiger partial charge in [-0.1, -0.05) is 201 Å². The van der Waals surface area contributed by atoms with Crippen LogP contribution >= 0.6 is 0 Å². The normalized spacial score (nSPS) is 13.6. The number of aromatic nitrogens is 1. The number of para-hydroxylation sites is 2. The van der Waals surface area contributed by atoms with Gasteiger partial charge in [0.15, 0.2) is 0 Å². The summed E-state index contributed by atoms with van der Waals surface area (Å²) in [6, 6.07) is 86.7. The van der Waals surface area contributed by atoms with Crippen molar-refractivity contribution in [1.82, 2.24) is 4.57 Å². The van der Waals surface area contributed by atoms with Crippen molar-refractivity contribution in [3.63, 3.8) is 0 Å². The number of rotatable bonds is 9. The van der Waals surface area contributed by atoms with Crippen LogP contribution in [0.2, 0.25) is 0 Å². The zero-order valence-corrected chi connectivity index (χ0v) is 37.4. The lowest BCUT2D eigenvalue weighted by Crippen LogP contribution is -2.10. The third kappa shape index (κ3) is 7.53. The lowest BCUT2D eigenvalue weighted by atomic mass is 9.90. The van der Waals surface area contributed by atoms with Crippen LogP contribution in [0.25, 0.3) is 88.3 Å². The molecule has 0 amide bonds. The van der Waals surface area contributed by atoms with E-state index in [-0.39, 0.29) is 0 Å². The Morgan fingerprint density at radius 3 is 1.73 bits per heavy atom. The van der Waals surface area contributed by atoms with Gasteiger partial charge in [0.05, 0.1) is 11.0 Å². The Morgan fingerprint density at radius 2 is 1.00 bits per heavy atom. The van der Waals surface area contributed by atoms with E-state index in [0.717, 1.165) is 34.7 Å². The summed E-state index contributed by atoms with van der Waals surface area (Å²) >= 11 is 0. The first-order chi connectivity index (χ1) is 33.1. The molecule has 1 atom stereocenters. The molecule has 0 fully saturated rings. The van der Waals surface area contributed by atoms with Gasteiger partial charge < -0.3 is 9.47 Å². The predicted molar refractivity (Wildman–Crippen MR) is 286 cm³/mol. The molecular formula is C65H48N2. The summed E-state index contributed by atoms with van der Waals surface area (Å²) in [5, 5.41) is 4.96. The van der Waals surface area contributed by atoms with Gasteiger partial charge in [-0.2, -0.15) is 0 Å². The van der Waals surface area contributed by atoms with Gasteiger partial charge in [0.1, 0.15) is 0 Å². The molecule has 318 valence electrons. The average molecular weight is 857 g/mol. The standard InChI is InChI=1S/C65H48N2/c1-45-14-12-19-52(42-45)49-28-26-47(27-29-49)48-32-36-57(37-33-48)66(58-38-34-50(35-39-58)54-31-30-46-15-8-9-18-53(46)43-54)59-23-13-20-55(44-59)60-40-41-61(51-16-4-2-5-17-51)65-64(60)62-24-10-11-25-63(62)67(65)56-21-6-3-7-22-56/h2-41,43-45H,42H2,1H3. The number of benzene rings is 10. The Hall–Kier alpha value is -8.46. The first kappa shape index (κ1) is 40.1. The maximum Gasteiger partial charge on any atom is 0.0625 e. The number of hydrogen-bond donors (Lipinski definition) is 0. The zero-order valence-electron chi connectivity index (χ0n) is 37.4. The van der Waals surface area contributed by atoms with Gasteiger partial charge in [-0.05, 0) is 134 Å². The highest BCUT2D eigenvalue weighted by Gasteiger charge is 2.22. The van der Waals surface area contributed by atoms with Crippen LogP contribution in [-0.2, 0) is 0 Å². The Balaban J connectivity index is 0.987. The molecule has 67 heavy (non-hydrogen) atoms. The maximum atomic E-state index is 2.45. The van der Waals surface area contributed by atoms with Crippen LogP contribution in [0.5, 0.6) is 0 Å². The molecule has 1 unspecified atom stereocenters. The highest BCUT2D eigenvalue weighted by atomic mass is 15.1. The molecule has 0 radical (unpaired) electrons. The van der Waals surface area contributed by atoms with Crippen molar-refractivity contribution in [2.45, 2.75) is 13.3 Å². The molecule has 0 saturated heterocycles. The number of anilines is 3. The second-order valence-electron chi connectivity index (χ2n) is 17.8. The molecule has 11 aromatic rings. The van der Waals surface area contributed by atoms with Gasteiger partial charge in [0.2, 0.25) is 0 Å². The number of nitrogens with zero attached hydrogens (tertiary/aromatic N) is 2. The van der Waals surface area contributed by atoms with Crippen molar-refractivity contribution in [3.05, 3.63) is 260 Å². The molecule has 0 spiro atoms. The summed E-state index contributed by atoms with van der Waals surface area (Å²) in [4.78, 5) is 2.40. The summed E-state index contributed by atoms with van der Waals surface area (Å²) in [5.74, 6) is 0.563. The topological polar surface area (TPSA) is 8.17 Å². The molecule has 2 heteroatoms. The molecule has 10 aromatic carbocycles. The lowest BCUT2D eigenvalue weighted by molar-refractivity contribution is 0.749. The molecular weight excluding hydrogens is 809 g/mol. The van der Waals surface area contributed by atoms with E-state index >= 15 is 0 Å². The molecule has 1 aliphatic rings. The summed E-state index contributed by atoms with van der Waals surface area (Å²) in [7, 11) is 0. The highest BCUT2D eigenvalue weighted by molar-refractivity contribution is 6.19. The molecule has 2 nitrogen and oxygen atoms in total.